The largest absolute Gasteiger partial charge is 0.113 e. The van der Waals surface area contributed by atoms with Gasteiger partial charge in [0.25, 0.3) is 0 Å². The molecule has 2 aliphatic rings. The molecule has 0 aromatic carbocycles. The Morgan fingerprint density at radius 2 is 0.864 bits per heavy atom. The molecule has 0 heterocycles. The highest BCUT2D eigenvalue weighted by Gasteiger charge is 2.45. The molecule has 0 nitrogen and oxygen atoms in total. The van der Waals surface area contributed by atoms with Crippen LogP contribution in [0.5, 0.6) is 0 Å². The summed E-state index contributed by atoms with van der Waals surface area (Å²) in [6.07, 6.45) is 0. The third-order valence-corrected chi connectivity index (χ3v) is 7.22. The van der Waals surface area contributed by atoms with Crippen molar-refractivity contribution in [3.8, 4) is 0 Å². The summed E-state index contributed by atoms with van der Waals surface area (Å²) in [4.78, 5) is 0. The van der Waals surface area contributed by atoms with E-state index in [0.29, 0.717) is 0 Å². The summed E-state index contributed by atoms with van der Waals surface area (Å²) in [5.74, 6) is 0. The van der Waals surface area contributed by atoms with Gasteiger partial charge in [0, 0.05) is 10.8 Å². The van der Waals surface area contributed by atoms with Crippen molar-refractivity contribution in [1.29, 1.82) is 0 Å². The Labute approximate surface area is 142 Å². The highest BCUT2D eigenvalue weighted by Crippen LogP contribution is 2.56. The van der Waals surface area contributed by atoms with Crippen molar-refractivity contribution in [2.24, 2.45) is 10.8 Å². The number of alkyl halides is 1. The molecule has 1 heteroatoms. The van der Waals surface area contributed by atoms with Crippen LogP contribution in [0.3, 0.4) is 0 Å². The average molecular weight is 319 g/mol. The first kappa shape index (κ1) is 17.6. The van der Waals surface area contributed by atoms with Crippen molar-refractivity contribution in [3.05, 3.63) is 44.6 Å². The number of halogens is 1. The molecule has 122 valence electrons. The first-order valence-electron chi connectivity index (χ1n) is 8.30. The zero-order chi connectivity index (χ0) is 17.2. The number of allylic oxidation sites excluding steroid dienone is 8. The van der Waals surface area contributed by atoms with E-state index in [1.165, 1.54) is 44.6 Å². The molecule has 0 atom stereocenters. The van der Waals surface area contributed by atoms with Gasteiger partial charge in [-0.15, -0.1) is 11.6 Å². The molecule has 0 saturated carbocycles. The van der Waals surface area contributed by atoms with Crippen LogP contribution in [-0.4, -0.2) is 5.38 Å². The summed E-state index contributed by atoms with van der Waals surface area (Å²) in [6, 6.07) is 0. The lowest BCUT2D eigenvalue weighted by molar-refractivity contribution is 0.494. The van der Waals surface area contributed by atoms with Gasteiger partial charge in [0.1, 0.15) is 0 Å². The Balaban J connectivity index is 2.59. The minimum atomic E-state index is -0.0233. The molecule has 0 spiro atoms. The average Bonchev–Trinajstić information content (AvgIpc) is 2.66. The van der Waals surface area contributed by atoms with Crippen molar-refractivity contribution < 1.29 is 0 Å². The Kier molecular flexibility index (Phi) is 4.10. The van der Waals surface area contributed by atoms with Crippen LogP contribution in [0, 0.1) is 10.8 Å². The summed E-state index contributed by atoms with van der Waals surface area (Å²) >= 11 is 7.14. The van der Waals surface area contributed by atoms with E-state index in [2.05, 4.69) is 69.2 Å². The van der Waals surface area contributed by atoms with E-state index in [4.69, 9.17) is 11.6 Å². The standard InChI is InChI=1S/C21H31Cl/c1-11-13(3)17(20(7,8)15(11)5)19(22)18-14(4)12(2)16(6)21(18,9)10/h19H,1-10H3. The van der Waals surface area contributed by atoms with Gasteiger partial charge < -0.3 is 0 Å². The lowest BCUT2D eigenvalue weighted by Gasteiger charge is -2.35. The highest BCUT2D eigenvalue weighted by molar-refractivity contribution is 6.25. The van der Waals surface area contributed by atoms with Crippen molar-refractivity contribution in [3.63, 3.8) is 0 Å². The second kappa shape index (κ2) is 5.13. The molecule has 0 unspecified atom stereocenters. The molecule has 0 aliphatic heterocycles. The van der Waals surface area contributed by atoms with E-state index in [1.807, 2.05) is 0 Å². The smallest absolute Gasteiger partial charge is 0.0783 e. The van der Waals surface area contributed by atoms with Crippen LogP contribution in [0.25, 0.3) is 0 Å². The second-order valence-electron chi connectivity index (χ2n) is 8.19. The van der Waals surface area contributed by atoms with Gasteiger partial charge in [0.15, 0.2) is 0 Å². The van der Waals surface area contributed by atoms with E-state index in [1.54, 1.807) is 0 Å². The van der Waals surface area contributed by atoms with E-state index in [-0.39, 0.29) is 16.2 Å². The van der Waals surface area contributed by atoms with E-state index in [0.717, 1.165) is 0 Å². The molecular weight excluding hydrogens is 288 g/mol. The predicted molar refractivity (Wildman–Crippen MR) is 99.4 cm³/mol. The highest BCUT2D eigenvalue weighted by atomic mass is 35.5. The van der Waals surface area contributed by atoms with Crippen LogP contribution < -0.4 is 0 Å². The summed E-state index contributed by atoms with van der Waals surface area (Å²) in [5, 5.41) is -0.0233. The van der Waals surface area contributed by atoms with Gasteiger partial charge in [-0.3, -0.25) is 0 Å². The van der Waals surface area contributed by atoms with Crippen molar-refractivity contribution in [2.75, 3.05) is 0 Å². The maximum atomic E-state index is 7.14. The molecule has 0 fully saturated rings. The van der Waals surface area contributed by atoms with Gasteiger partial charge in [-0.05, 0) is 75.0 Å². The predicted octanol–water partition coefficient (Wildman–Crippen LogP) is 6.98. The molecule has 0 aromatic heterocycles. The quantitative estimate of drug-likeness (QED) is 0.482. The minimum absolute atomic E-state index is 0.0233. The van der Waals surface area contributed by atoms with Crippen LogP contribution >= 0.6 is 11.6 Å². The summed E-state index contributed by atoms with van der Waals surface area (Å²) in [5.41, 5.74) is 11.4. The Bertz CT molecular complexity index is 602. The molecule has 2 aliphatic carbocycles. The SMILES string of the molecule is CC1=C(C)C(C)(C)C(C(Cl)C2=C(C)C(C)=C(C)C2(C)C)=C1C. The number of hydrogen-bond donors (Lipinski definition) is 0. The van der Waals surface area contributed by atoms with Crippen LogP contribution in [0.15, 0.2) is 44.6 Å². The van der Waals surface area contributed by atoms with Crippen molar-refractivity contribution >= 4 is 11.6 Å². The lowest BCUT2D eigenvalue weighted by atomic mass is 9.72. The van der Waals surface area contributed by atoms with Crippen LogP contribution in [0.2, 0.25) is 0 Å². The van der Waals surface area contributed by atoms with E-state index < -0.39 is 0 Å². The van der Waals surface area contributed by atoms with Crippen LogP contribution in [-0.2, 0) is 0 Å². The first-order chi connectivity index (χ1) is 9.86. The van der Waals surface area contributed by atoms with Crippen LogP contribution in [0.1, 0.15) is 69.2 Å². The third kappa shape index (κ3) is 2.10. The minimum Gasteiger partial charge on any atom is -0.113 e. The number of rotatable bonds is 2. The third-order valence-electron chi connectivity index (χ3n) is 6.79. The maximum Gasteiger partial charge on any atom is 0.0783 e. The fraction of sp³-hybridized carbons (Fsp3) is 0.619. The molecule has 0 radical (unpaired) electrons. The summed E-state index contributed by atoms with van der Waals surface area (Å²) in [6.45, 7) is 22.7. The Morgan fingerprint density at radius 3 is 1.05 bits per heavy atom. The fourth-order valence-electron chi connectivity index (χ4n) is 4.40. The van der Waals surface area contributed by atoms with Gasteiger partial charge in [-0.2, -0.15) is 0 Å². The van der Waals surface area contributed by atoms with E-state index >= 15 is 0 Å². The monoisotopic (exact) mass is 318 g/mol. The molecule has 22 heavy (non-hydrogen) atoms. The molecular formula is C21H31Cl. The molecule has 2 rings (SSSR count). The molecule has 0 amide bonds. The first-order valence-corrected chi connectivity index (χ1v) is 8.73. The van der Waals surface area contributed by atoms with Gasteiger partial charge in [-0.25, -0.2) is 0 Å². The Hall–Kier alpha value is -0.750. The van der Waals surface area contributed by atoms with Crippen LogP contribution in [0.4, 0.5) is 0 Å². The second-order valence-corrected chi connectivity index (χ2v) is 8.63. The normalized spacial score (nSPS) is 24.5. The lowest BCUT2D eigenvalue weighted by Crippen LogP contribution is -2.28. The van der Waals surface area contributed by atoms with Gasteiger partial charge in [0.2, 0.25) is 0 Å². The zero-order valence-corrected chi connectivity index (χ0v) is 16.7. The summed E-state index contributed by atoms with van der Waals surface area (Å²) < 4.78 is 0. The maximum absolute atomic E-state index is 7.14. The zero-order valence-electron chi connectivity index (χ0n) is 16.0. The molecule has 0 aromatic rings. The van der Waals surface area contributed by atoms with Crippen molar-refractivity contribution in [2.45, 2.75) is 74.6 Å². The van der Waals surface area contributed by atoms with Gasteiger partial charge in [-0.1, -0.05) is 38.8 Å². The molecule has 0 N–H and O–H groups in total. The fourth-order valence-corrected chi connectivity index (χ4v) is 5.28. The molecule has 0 saturated heterocycles. The molecule has 0 bridgehead atoms. The topological polar surface area (TPSA) is 0 Å². The number of hydrogen-bond acceptors (Lipinski definition) is 0. The summed E-state index contributed by atoms with van der Waals surface area (Å²) in [7, 11) is 0. The van der Waals surface area contributed by atoms with Crippen molar-refractivity contribution in [1.82, 2.24) is 0 Å². The Morgan fingerprint density at radius 1 is 0.591 bits per heavy atom. The van der Waals surface area contributed by atoms with Gasteiger partial charge >= 0.3 is 0 Å². The van der Waals surface area contributed by atoms with E-state index in [9.17, 15) is 0 Å². The van der Waals surface area contributed by atoms with Gasteiger partial charge in [0.05, 0.1) is 5.38 Å².